The van der Waals surface area contributed by atoms with Crippen molar-refractivity contribution >= 4 is 0 Å². The quantitative estimate of drug-likeness (QED) is 0.744. The summed E-state index contributed by atoms with van der Waals surface area (Å²) in [5.41, 5.74) is 0. The van der Waals surface area contributed by atoms with Crippen LogP contribution >= 0.6 is 0 Å². The maximum absolute atomic E-state index is 9.19. The summed E-state index contributed by atoms with van der Waals surface area (Å²) in [6.07, 6.45) is 4.48. The highest BCUT2D eigenvalue weighted by Gasteiger charge is 2.19. The first-order valence-electron chi connectivity index (χ1n) is 6.16. The van der Waals surface area contributed by atoms with E-state index < -0.39 is 0 Å². The molecular formula is C12H26N2O. The Morgan fingerprint density at radius 2 is 2.00 bits per heavy atom. The average molecular weight is 214 g/mol. The molecule has 1 heterocycles. The summed E-state index contributed by atoms with van der Waals surface area (Å²) in [7, 11) is 4.42. The van der Waals surface area contributed by atoms with Crippen molar-refractivity contribution in [3.63, 3.8) is 0 Å². The summed E-state index contributed by atoms with van der Waals surface area (Å²) in [4.78, 5) is 4.87. The van der Waals surface area contributed by atoms with Gasteiger partial charge >= 0.3 is 0 Å². The minimum Gasteiger partial charge on any atom is -0.393 e. The molecule has 90 valence electrons. The molecule has 1 fully saturated rings. The zero-order valence-electron chi connectivity index (χ0n) is 10.4. The Kier molecular flexibility index (Phi) is 5.58. The van der Waals surface area contributed by atoms with E-state index in [0.717, 1.165) is 25.4 Å². The second kappa shape index (κ2) is 6.46. The van der Waals surface area contributed by atoms with Gasteiger partial charge in [0.1, 0.15) is 0 Å². The first-order valence-corrected chi connectivity index (χ1v) is 6.16. The fraction of sp³-hybridized carbons (Fsp3) is 1.00. The standard InChI is InChI=1S/C12H26N2O/c1-11(15)5-4-8-14(3)12-6-9-13(2)10-7-12/h11-12,15H,4-10H2,1-3H3. The van der Waals surface area contributed by atoms with Gasteiger partial charge in [0.2, 0.25) is 0 Å². The predicted molar refractivity (Wildman–Crippen MR) is 64.1 cm³/mol. The van der Waals surface area contributed by atoms with Crippen LogP contribution in [0.3, 0.4) is 0 Å². The van der Waals surface area contributed by atoms with Crippen LogP contribution in [0.5, 0.6) is 0 Å². The zero-order chi connectivity index (χ0) is 11.3. The van der Waals surface area contributed by atoms with Crippen LogP contribution < -0.4 is 0 Å². The number of hydrogen-bond donors (Lipinski definition) is 1. The summed E-state index contributed by atoms with van der Waals surface area (Å²) in [6.45, 7) is 5.45. The van der Waals surface area contributed by atoms with Crippen LogP contribution in [-0.2, 0) is 0 Å². The number of aliphatic hydroxyl groups is 1. The normalized spacial score (nSPS) is 22.2. The summed E-state index contributed by atoms with van der Waals surface area (Å²) in [5, 5.41) is 9.19. The van der Waals surface area contributed by atoms with Crippen molar-refractivity contribution in [3.8, 4) is 0 Å². The van der Waals surface area contributed by atoms with Crippen LogP contribution in [0.1, 0.15) is 32.6 Å². The van der Waals surface area contributed by atoms with Gasteiger partial charge in [0.05, 0.1) is 6.10 Å². The fourth-order valence-electron chi connectivity index (χ4n) is 2.25. The van der Waals surface area contributed by atoms with Crippen LogP contribution in [0.2, 0.25) is 0 Å². The topological polar surface area (TPSA) is 26.7 Å². The van der Waals surface area contributed by atoms with Crippen molar-refractivity contribution < 1.29 is 5.11 Å². The third-order valence-corrected chi connectivity index (χ3v) is 3.44. The van der Waals surface area contributed by atoms with Crippen molar-refractivity contribution in [2.24, 2.45) is 0 Å². The molecule has 15 heavy (non-hydrogen) atoms. The highest BCUT2D eigenvalue weighted by molar-refractivity contribution is 4.76. The summed E-state index contributed by atoms with van der Waals surface area (Å²) >= 11 is 0. The van der Waals surface area contributed by atoms with Crippen molar-refractivity contribution in [2.75, 3.05) is 33.7 Å². The number of likely N-dealkylation sites (tertiary alicyclic amines) is 1. The van der Waals surface area contributed by atoms with Crippen molar-refractivity contribution in [1.82, 2.24) is 9.80 Å². The predicted octanol–water partition coefficient (Wildman–Crippen LogP) is 1.17. The molecule has 3 heteroatoms. The van der Waals surface area contributed by atoms with E-state index >= 15 is 0 Å². The molecule has 0 aromatic carbocycles. The Morgan fingerprint density at radius 1 is 1.40 bits per heavy atom. The van der Waals surface area contributed by atoms with Gasteiger partial charge in [-0.2, -0.15) is 0 Å². The molecular weight excluding hydrogens is 188 g/mol. The molecule has 1 aliphatic rings. The Hall–Kier alpha value is -0.120. The summed E-state index contributed by atoms with van der Waals surface area (Å²) < 4.78 is 0. The van der Waals surface area contributed by atoms with Gasteiger partial charge < -0.3 is 14.9 Å². The lowest BCUT2D eigenvalue weighted by Gasteiger charge is -2.35. The van der Waals surface area contributed by atoms with E-state index in [9.17, 15) is 5.11 Å². The Morgan fingerprint density at radius 3 is 2.53 bits per heavy atom. The van der Waals surface area contributed by atoms with Gasteiger partial charge in [-0.3, -0.25) is 0 Å². The maximum Gasteiger partial charge on any atom is 0.0512 e. The minimum absolute atomic E-state index is 0.143. The summed E-state index contributed by atoms with van der Waals surface area (Å²) in [5.74, 6) is 0. The van der Waals surface area contributed by atoms with E-state index in [1.165, 1.54) is 25.9 Å². The SMILES string of the molecule is CC(O)CCCN(C)C1CCN(C)CC1. The number of nitrogens with zero attached hydrogens (tertiary/aromatic N) is 2. The maximum atomic E-state index is 9.19. The van der Waals surface area contributed by atoms with E-state index in [-0.39, 0.29) is 6.10 Å². The molecule has 0 aromatic rings. The number of rotatable bonds is 5. The molecule has 0 amide bonds. The molecule has 3 nitrogen and oxygen atoms in total. The molecule has 1 unspecified atom stereocenters. The first kappa shape index (κ1) is 12.9. The van der Waals surface area contributed by atoms with Gasteiger partial charge in [0.15, 0.2) is 0 Å². The number of hydrogen-bond acceptors (Lipinski definition) is 3. The van der Waals surface area contributed by atoms with E-state index in [1.54, 1.807) is 0 Å². The Balaban J connectivity index is 2.13. The van der Waals surface area contributed by atoms with Gasteiger partial charge in [0, 0.05) is 6.04 Å². The molecule has 0 aliphatic carbocycles. The van der Waals surface area contributed by atoms with Crippen LogP contribution in [0.4, 0.5) is 0 Å². The molecule has 1 aliphatic heterocycles. The monoisotopic (exact) mass is 214 g/mol. The lowest BCUT2D eigenvalue weighted by molar-refractivity contribution is 0.131. The Bertz CT molecular complexity index is 165. The van der Waals surface area contributed by atoms with Crippen molar-refractivity contribution in [1.29, 1.82) is 0 Å². The first-order chi connectivity index (χ1) is 7.09. The van der Waals surface area contributed by atoms with E-state index in [1.807, 2.05) is 6.92 Å². The number of aliphatic hydroxyl groups excluding tert-OH is 1. The second-order valence-electron chi connectivity index (χ2n) is 5.01. The van der Waals surface area contributed by atoms with Crippen LogP contribution in [0.15, 0.2) is 0 Å². The average Bonchev–Trinajstić information content (AvgIpc) is 2.18. The number of piperidine rings is 1. The molecule has 0 bridgehead atoms. The molecule has 0 radical (unpaired) electrons. The Labute approximate surface area is 94.1 Å². The molecule has 0 aromatic heterocycles. The smallest absolute Gasteiger partial charge is 0.0512 e. The molecule has 1 saturated heterocycles. The van der Waals surface area contributed by atoms with Crippen LogP contribution in [0, 0.1) is 0 Å². The van der Waals surface area contributed by atoms with Crippen molar-refractivity contribution in [2.45, 2.75) is 44.8 Å². The van der Waals surface area contributed by atoms with Crippen LogP contribution in [0.25, 0.3) is 0 Å². The second-order valence-corrected chi connectivity index (χ2v) is 5.01. The zero-order valence-corrected chi connectivity index (χ0v) is 10.4. The van der Waals surface area contributed by atoms with Gasteiger partial charge in [-0.1, -0.05) is 0 Å². The van der Waals surface area contributed by atoms with Crippen LogP contribution in [-0.4, -0.2) is 60.8 Å². The molecule has 1 N–H and O–H groups in total. The largest absolute Gasteiger partial charge is 0.393 e. The highest BCUT2D eigenvalue weighted by atomic mass is 16.3. The van der Waals surface area contributed by atoms with E-state index in [0.29, 0.717) is 0 Å². The van der Waals surface area contributed by atoms with Gasteiger partial charge in [-0.25, -0.2) is 0 Å². The molecule has 0 spiro atoms. The third-order valence-electron chi connectivity index (χ3n) is 3.44. The summed E-state index contributed by atoms with van der Waals surface area (Å²) in [6, 6.07) is 0.759. The van der Waals surface area contributed by atoms with E-state index in [2.05, 4.69) is 23.9 Å². The van der Waals surface area contributed by atoms with Gasteiger partial charge in [0.25, 0.3) is 0 Å². The van der Waals surface area contributed by atoms with Gasteiger partial charge in [-0.15, -0.1) is 0 Å². The highest BCUT2D eigenvalue weighted by Crippen LogP contribution is 2.14. The molecule has 0 saturated carbocycles. The lowest BCUT2D eigenvalue weighted by Crippen LogP contribution is -2.42. The van der Waals surface area contributed by atoms with E-state index in [4.69, 9.17) is 0 Å². The van der Waals surface area contributed by atoms with Gasteiger partial charge in [-0.05, 0) is 66.3 Å². The third kappa shape index (κ3) is 4.96. The molecule has 1 rings (SSSR count). The lowest BCUT2D eigenvalue weighted by atomic mass is 10.0. The van der Waals surface area contributed by atoms with Crippen molar-refractivity contribution in [3.05, 3.63) is 0 Å². The minimum atomic E-state index is -0.143. The molecule has 1 atom stereocenters. The fourth-order valence-corrected chi connectivity index (χ4v) is 2.25.